The standard InChI is InChI=1S/C25H30N4O3/c30-23(18-19-6-4-5-7-19)28-14-16-29(17-15-28)25(32)27-22-12-10-20(11-13-22)24(31)26-21-8-2-1-3-9-21/h1-3,8-13,19H,4-7,14-18H2,(H,26,31)(H,27,32). The van der Waals surface area contributed by atoms with Gasteiger partial charge in [0.25, 0.3) is 5.91 Å². The van der Waals surface area contributed by atoms with E-state index in [-0.39, 0.29) is 17.8 Å². The van der Waals surface area contributed by atoms with Crippen LogP contribution in [0.15, 0.2) is 54.6 Å². The highest BCUT2D eigenvalue weighted by atomic mass is 16.2. The van der Waals surface area contributed by atoms with Crippen molar-refractivity contribution in [3.8, 4) is 0 Å². The fourth-order valence-corrected chi connectivity index (χ4v) is 4.38. The second kappa shape index (κ2) is 10.3. The molecule has 4 rings (SSSR count). The van der Waals surface area contributed by atoms with Crippen molar-refractivity contribution in [1.82, 2.24) is 9.80 Å². The number of nitrogens with zero attached hydrogens (tertiary/aromatic N) is 2. The van der Waals surface area contributed by atoms with E-state index in [0.29, 0.717) is 49.8 Å². The van der Waals surface area contributed by atoms with Gasteiger partial charge in [-0.2, -0.15) is 0 Å². The van der Waals surface area contributed by atoms with E-state index < -0.39 is 0 Å². The van der Waals surface area contributed by atoms with Crippen LogP contribution >= 0.6 is 0 Å². The fourth-order valence-electron chi connectivity index (χ4n) is 4.38. The Hall–Kier alpha value is -3.35. The van der Waals surface area contributed by atoms with Gasteiger partial charge in [-0.3, -0.25) is 9.59 Å². The molecule has 168 valence electrons. The van der Waals surface area contributed by atoms with Gasteiger partial charge in [0, 0.05) is 49.5 Å². The molecular formula is C25H30N4O3. The first-order valence-corrected chi connectivity index (χ1v) is 11.4. The van der Waals surface area contributed by atoms with E-state index in [1.807, 2.05) is 35.2 Å². The number of amides is 4. The highest BCUT2D eigenvalue weighted by Gasteiger charge is 2.26. The van der Waals surface area contributed by atoms with Crippen molar-refractivity contribution in [1.29, 1.82) is 0 Å². The van der Waals surface area contributed by atoms with Gasteiger partial charge in [0.2, 0.25) is 5.91 Å². The van der Waals surface area contributed by atoms with Crippen LogP contribution in [-0.2, 0) is 4.79 Å². The number of anilines is 2. The monoisotopic (exact) mass is 434 g/mol. The summed E-state index contributed by atoms with van der Waals surface area (Å²) in [5.74, 6) is 0.565. The molecule has 2 aromatic rings. The summed E-state index contributed by atoms with van der Waals surface area (Å²) in [5, 5.41) is 5.72. The second-order valence-corrected chi connectivity index (χ2v) is 8.55. The molecule has 1 saturated carbocycles. The Bertz CT molecular complexity index is 931. The van der Waals surface area contributed by atoms with Crippen LogP contribution in [0.5, 0.6) is 0 Å². The van der Waals surface area contributed by atoms with E-state index in [4.69, 9.17) is 0 Å². The topological polar surface area (TPSA) is 81.8 Å². The Morgan fingerprint density at radius 1 is 0.750 bits per heavy atom. The van der Waals surface area contributed by atoms with Gasteiger partial charge in [-0.1, -0.05) is 31.0 Å². The highest BCUT2D eigenvalue weighted by Crippen LogP contribution is 2.28. The third-order valence-corrected chi connectivity index (χ3v) is 6.29. The number of carbonyl (C=O) groups is 3. The van der Waals surface area contributed by atoms with Crippen LogP contribution in [0.1, 0.15) is 42.5 Å². The molecule has 1 heterocycles. The summed E-state index contributed by atoms with van der Waals surface area (Å²) >= 11 is 0. The molecule has 2 aromatic carbocycles. The highest BCUT2D eigenvalue weighted by molar-refractivity contribution is 6.04. The average molecular weight is 435 g/mol. The van der Waals surface area contributed by atoms with Crippen molar-refractivity contribution in [3.05, 3.63) is 60.2 Å². The molecule has 2 N–H and O–H groups in total. The normalized spacial score (nSPS) is 16.6. The van der Waals surface area contributed by atoms with Crippen molar-refractivity contribution in [2.24, 2.45) is 5.92 Å². The van der Waals surface area contributed by atoms with E-state index in [1.54, 1.807) is 29.2 Å². The molecule has 0 bridgehead atoms. The maximum Gasteiger partial charge on any atom is 0.321 e. The maximum atomic E-state index is 12.6. The van der Waals surface area contributed by atoms with Gasteiger partial charge < -0.3 is 20.4 Å². The van der Waals surface area contributed by atoms with E-state index in [9.17, 15) is 14.4 Å². The maximum absolute atomic E-state index is 12.6. The molecule has 0 atom stereocenters. The number of hydrogen-bond acceptors (Lipinski definition) is 3. The van der Waals surface area contributed by atoms with Crippen LogP contribution < -0.4 is 10.6 Å². The lowest BCUT2D eigenvalue weighted by Gasteiger charge is -2.35. The van der Waals surface area contributed by atoms with Crippen LogP contribution in [-0.4, -0.2) is 53.8 Å². The average Bonchev–Trinajstić information content (AvgIpc) is 3.33. The summed E-state index contributed by atoms with van der Waals surface area (Å²) in [6.45, 7) is 2.22. The molecule has 0 unspecified atom stereocenters. The number of para-hydroxylation sites is 1. The van der Waals surface area contributed by atoms with Gasteiger partial charge in [0.15, 0.2) is 0 Å². The molecule has 0 radical (unpaired) electrons. The zero-order chi connectivity index (χ0) is 22.3. The smallest absolute Gasteiger partial charge is 0.321 e. The van der Waals surface area contributed by atoms with Crippen LogP contribution in [0.4, 0.5) is 16.2 Å². The SMILES string of the molecule is O=C(Nc1ccccc1)c1ccc(NC(=O)N2CCN(C(=O)CC3CCCC3)CC2)cc1. The molecule has 32 heavy (non-hydrogen) atoms. The summed E-state index contributed by atoms with van der Waals surface area (Å²) in [7, 11) is 0. The third-order valence-electron chi connectivity index (χ3n) is 6.29. The van der Waals surface area contributed by atoms with Crippen LogP contribution in [0.3, 0.4) is 0 Å². The number of carbonyl (C=O) groups excluding carboxylic acids is 3. The van der Waals surface area contributed by atoms with Crippen molar-refractivity contribution in [2.75, 3.05) is 36.8 Å². The molecule has 2 aliphatic rings. The molecule has 7 nitrogen and oxygen atoms in total. The Kier molecular flexibility index (Phi) is 7.04. The summed E-state index contributed by atoms with van der Waals surface area (Å²) < 4.78 is 0. The molecule has 0 aromatic heterocycles. The minimum atomic E-state index is -0.201. The summed E-state index contributed by atoms with van der Waals surface area (Å²) in [6, 6.07) is 15.9. The number of hydrogen-bond donors (Lipinski definition) is 2. The second-order valence-electron chi connectivity index (χ2n) is 8.55. The van der Waals surface area contributed by atoms with Crippen molar-refractivity contribution in [2.45, 2.75) is 32.1 Å². The van der Waals surface area contributed by atoms with Gasteiger partial charge in [0.1, 0.15) is 0 Å². The minimum absolute atomic E-state index is 0.186. The summed E-state index contributed by atoms with van der Waals surface area (Å²) in [4.78, 5) is 41.1. The van der Waals surface area contributed by atoms with Gasteiger partial charge in [0.05, 0.1) is 0 Å². The van der Waals surface area contributed by atoms with Gasteiger partial charge in [-0.15, -0.1) is 0 Å². The molecule has 1 aliphatic carbocycles. The molecule has 7 heteroatoms. The summed E-state index contributed by atoms with van der Waals surface area (Å²) in [6.07, 6.45) is 5.47. The van der Waals surface area contributed by atoms with Gasteiger partial charge >= 0.3 is 6.03 Å². The zero-order valence-corrected chi connectivity index (χ0v) is 18.3. The van der Waals surface area contributed by atoms with E-state index in [2.05, 4.69) is 10.6 Å². The number of nitrogens with one attached hydrogen (secondary N) is 2. The zero-order valence-electron chi connectivity index (χ0n) is 18.3. The minimum Gasteiger partial charge on any atom is -0.339 e. The van der Waals surface area contributed by atoms with Gasteiger partial charge in [-0.25, -0.2) is 4.79 Å². The summed E-state index contributed by atoms with van der Waals surface area (Å²) in [5.41, 5.74) is 1.88. The van der Waals surface area contributed by atoms with Crippen molar-refractivity contribution in [3.63, 3.8) is 0 Å². The predicted octanol–water partition coefficient (Wildman–Crippen LogP) is 4.20. The molecule has 1 aliphatic heterocycles. The van der Waals surface area contributed by atoms with E-state index in [0.717, 1.165) is 5.69 Å². The van der Waals surface area contributed by atoms with E-state index in [1.165, 1.54) is 25.7 Å². The quantitative estimate of drug-likeness (QED) is 0.740. The molecular weight excluding hydrogens is 404 g/mol. The fraction of sp³-hybridized carbons (Fsp3) is 0.400. The largest absolute Gasteiger partial charge is 0.339 e. The molecule has 4 amide bonds. The van der Waals surface area contributed by atoms with Crippen LogP contribution in [0, 0.1) is 5.92 Å². The number of piperazine rings is 1. The number of rotatable bonds is 5. The lowest BCUT2D eigenvalue weighted by atomic mass is 10.0. The Morgan fingerprint density at radius 2 is 1.34 bits per heavy atom. The molecule has 1 saturated heterocycles. The molecule has 0 spiro atoms. The first-order chi connectivity index (χ1) is 15.6. The van der Waals surface area contributed by atoms with Crippen LogP contribution in [0.2, 0.25) is 0 Å². The Labute approximate surface area is 188 Å². The van der Waals surface area contributed by atoms with Crippen molar-refractivity contribution >= 4 is 29.2 Å². The van der Waals surface area contributed by atoms with E-state index >= 15 is 0 Å². The first kappa shape index (κ1) is 21.9. The Balaban J connectivity index is 1.23. The van der Waals surface area contributed by atoms with Crippen LogP contribution in [0.25, 0.3) is 0 Å². The number of urea groups is 1. The predicted molar refractivity (Wildman–Crippen MR) is 125 cm³/mol. The number of benzene rings is 2. The van der Waals surface area contributed by atoms with Crippen molar-refractivity contribution < 1.29 is 14.4 Å². The first-order valence-electron chi connectivity index (χ1n) is 11.4. The lowest BCUT2D eigenvalue weighted by molar-refractivity contribution is -0.133. The van der Waals surface area contributed by atoms with Gasteiger partial charge in [-0.05, 0) is 55.2 Å². The molecule has 2 fully saturated rings. The lowest BCUT2D eigenvalue weighted by Crippen LogP contribution is -2.51. The Morgan fingerprint density at radius 3 is 2.00 bits per heavy atom. The third kappa shape index (κ3) is 5.66.